The van der Waals surface area contributed by atoms with Crippen LogP contribution in [0.2, 0.25) is 5.15 Å². The SMILES string of the molecule is CC(C)c1nn(C)c2c(Cl)nncc12. The summed E-state index contributed by atoms with van der Waals surface area (Å²) in [5.41, 5.74) is 1.87. The second-order valence-corrected chi connectivity index (χ2v) is 3.92. The van der Waals surface area contributed by atoms with Crippen molar-refractivity contribution >= 4 is 22.5 Å². The van der Waals surface area contributed by atoms with Crippen molar-refractivity contribution < 1.29 is 0 Å². The first-order chi connectivity index (χ1) is 6.61. The van der Waals surface area contributed by atoms with Gasteiger partial charge in [0, 0.05) is 12.4 Å². The molecule has 74 valence electrons. The van der Waals surface area contributed by atoms with Crippen LogP contribution in [0.1, 0.15) is 25.5 Å². The van der Waals surface area contributed by atoms with E-state index in [1.165, 1.54) is 0 Å². The minimum atomic E-state index is 0.360. The summed E-state index contributed by atoms with van der Waals surface area (Å²) in [4.78, 5) is 0. The van der Waals surface area contributed by atoms with Gasteiger partial charge >= 0.3 is 0 Å². The lowest BCUT2D eigenvalue weighted by Gasteiger charge is -1.98. The van der Waals surface area contributed by atoms with Crippen molar-refractivity contribution in [3.8, 4) is 0 Å². The summed E-state index contributed by atoms with van der Waals surface area (Å²) >= 11 is 5.95. The van der Waals surface area contributed by atoms with Gasteiger partial charge in [0.1, 0.15) is 5.52 Å². The Morgan fingerprint density at radius 2 is 2.14 bits per heavy atom. The number of hydrogen-bond donors (Lipinski definition) is 0. The molecule has 2 heterocycles. The van der Waals surface area contributed by atoms with Crippen LogP contribution in [0, 0.1) is 0 Å². The standard InChI is InChI=1S/C9H11ClN4/c1-5(2)7-6-4-11-12-9(10)8(6)14(3)13-7/h4-5H,1-3H3. The Hall–Kier alpha value is -1.16. The van der Waals surface area contributed by atoms with Crippen molar-refractivity contribution in [3.63, 3.8) is 0 Å². The molecule has 0 N–H and O–H groups in total. The highest BCUT2D eigenvalue weighted by molar-refractivity contribution is 6.33. The number of aromatic nitrogens is 4. The molecule has 0 aliphatic heterocycles. The Morgan fingerprint density at radius 1 is 1.43 bits per heavy atom. The van der Waals surface area contributed by atoms with Crippen LogP contribution in [0.4, 0.5) is 0 Å². The summed E-state index contributed by atoms with van der Waals surface area (Å²) in [6.45, 7) is 4.19. The Kier molecular flexibility index (Phi) is 2.15. The molecule has 0 unspecified atom stereocenters. The third kappa shape index (κ3) is 1.26. The summed E-state index contributed by atoms with van der Waals surface area (Å²) in [5, 5.41) is 13.4. The first-order valence-electron chi connectivity index (χ1n) is 4.45. The average Bonchev–Trinajstić information content (AvgIpc) is 2.45. The van der Waals surface area contributed by atoms with E-state index in [0.29, 0.717) is 11.1 Å². The van der Waals surface area contributed by atoms with E-state index in [0.717, 1.165) is 16.6 Å². The summed E-state index contributed by atoms with van der Waals surface area (Å²) in [7, 11) is 1.86. The third-order valence-corrected chi connectivity index (χ3v) is 2.44. The van der Waals surface area contributed by atoms with Gasteiger partial charge in [0.15, 0.2) is 5.15 Å². The van der Waals surface area contributed by atoms with Gasteiger partial charge in [-0.2, -0.15) is 10.2 Å². The molecule has 5 heteroatoms. The highest BCUT2D eigenvalue weighted by atomic mass is 35.5. The number of hydrogen-bond acceptors (Lipinski definition) is 3. The smallest absolute Gasteiger partial charge is 0.177 e. The largest absolute Gasteiger partial charge is 0.264 e. The molecule has 0 fully saturated rings. The Bertz CT molecular complexity index is 475. The van der Waals surface area contributed by atoms with E-state index in [4.69, 9.17) is 11.6 Å². The first kappa shape index (κ1) is 9.40. The highest BCUT2D eigenvalue weighted by Crippen LogP contribution is 2.26. The van der Waals surface area contributed by atoms with Crippen molar-refractivity contribution in [2.24, 2.45) is 7.05 Å². The molecule has 2 aromatic heterocycles. The van der Waals surface area contributed by atoms with Gasteiger partial charge in [0.2, 0.25) is 0 Å². The van der Waals surface area contributed by atoms with Gasteiger partial charge in [-0.25, -0.2) is 0 Å². The first-order valence-corrected chi connectivity index (χ1v) is 4.83. The van der Waals surface area contributed by atoms with E-state index in [9.17, 15) is 0 Å². The fourth-order valence-corrected chi connectivity index (χ4v) is 1.81. The zero-order valence-corrected chi connectivity index (χ0v) is 9.08. The molecule has 0 aromatic carbocycles. The quantitative estimate of drug-likeness (QED) is 0.725. The lowest BCUT2D eigenvalue weighted by molar-refractivity contribution is 0.728. The highest BCUT2D eigenvalue weighted by Gasteiger charge is 2.14. The molecule has 0 aliphatic carbocycles. The zero-order chi connectivity index (χ0) is 10.3. The topological polar surface area (TPSA) is 43.6 Å². The Labute approximate surface area is 86.9 Å². The van der Waals surface area contributed by atoms with Crippen LogP contribution < -0.4 is 0 Å². The van der Waals surface area contributed by atoms with Crippen molar-refractivity contribution in [1.82, 2.24) is 20.0 Å². The maximum Gasteiger partial charge on any atom is 0.177 e. The van der Waals surface area contributed by atoms with Crippen molar-refractivity contribution in [1.29, 1.82) is 0 Å². The number of aryl methyl sites for hydroxylation is 1. The third-order valence-electron chi connectivity index (χ3n) is 2.19. The fraction of sp³-hybridized carbons (Fsp3) is 0.444. The summed E-state index contributed by atoms with van der Waals surface area (Å²) in [6, 6.07) is 0. The molecular formula is C9H11ClN4. The van der Waals surface area contributed by atoms with Crippen LogP contribution in [-0.2, 0) is 7.05 Å². The number of halogens is 1. The molecule has 2 rings (SSSR count). The van der Waals surface area contributed by atoms with E-state index in [1.54, 1.807) is 10.9 Å². The van der Waals surface area contributed by atoms with Crippen LogP contribution in [0.25, 0.3) is 10.9 Å². The normalized spacial score (nSPS) is 11.5. The molecule has 0 atom stereocenters. The van der Waals surface area contributed by atoms with Crippen molar-refractivity contribution in [2.45, 2.75) is 19.8 Å². The summed E-state index contributed by atoms with van der Waals surface area (Å²) in [5.74, 6) is 0.360. The van der Waals surface area contributed by atoms with Gasteiger partial charge in [-0.3, -0.25) is 4.68 Å². The zero-order valence-electron chi connectivity index (χ0n) is 8.32. The predicted octanol–water partition coefficient (Wildman–Crippen LogP) is 2.14. The van der Waals surface area contributed by atoms with Crippen LogP contribution in [-0.4, -0.2) is 20.0 Å². The molecule has 0 aliphatic rings. The predicted molar refractivity (Wildman–Crippen MR) is 55.4 cm³/mol. The van der Waals surface area contributed by atoms with Crippen molar-refractivity contribution in [2.75, 3.05) is 0 Å². The monoisotopic (exact) mass is 210 g/mol. The lowest BCUT2D eigenvalue weighted by atomic mass is 10.1. The molecule has 0 amide bonds. The maximum atomic E-state index is 5.95. The van der Waals surface area contributed by atoms with Gasteiger partial charge < -0.3 is 0 Å². The molecule has 0 saturated heterocycles. The fourth-order valence-electron chi connectivity index (χ4n) is 1.54. The van der Waals surface area contributed by atoms with Gasteiger partial charge in [0.25, 0.3) is 0 Å². The van der Waals surface area contributed by atoms with Gasteiger partial charge in [-0.15, -0.1) is 5.10 Å². The number of rotatable bonds is 1. The summed E-state index contributed by atoms with van der Waals surface area (Å²) < 4.78 is 1.75. The van der Waals surface area contributed by atoms with E-state index in [-0.39, 0.29) is 0 Å². The lowest BCUT2D eigenvalue weighted by Crippen LogP contribution is -1.93. The Balaban J connectivity index is 2.84. The van der Waals surface area contributed by atoms with Crippen LogP contribution >= 0.6 is 11.6 Å². The van der Waals surface area contributed by atoms with Gasteiger partial charge in [-0.05, 0) is 5.92 Å². The number of fused-ring (bicyclic) bond motifs is 1. The van der Waals surface area contributed by atoms with E-state index in [1.807, 2.05) is 7.05 Å². The van der Waals surface area contributed by atoms with Gasteiger partial charge in [-0.1, -0.05) is 25.4 Å². The van der Waals surface area contributed by atoms with Crippen LogP contribution in [0.3, 0.4) is 0 Å². The van der Waals surface area contributed by atoms with E-state index >= 15 is 0 Å². The molecule has 14 heavy (non-hydrogen) atoms. The Morgan fingerprint density at radius 3 is 2.79 bits per heavy atom. The second kappa shape index (κ2) is 3.20. The minimum Gasteiger partial charge on any atom is -0.264 e. The average molecular weight is 211 g/mol. The number of nitrogens with zero attached hydrogens (tertiary/aromatic N) is 4. The minimum absolute atomic E-state index is 0.360. The molecule has 0 saturated carbocycles. The van der Waals surface area contributed by atoms with E-state index in [2.05, 4.69) is 29.1 Å². The van der Waals surface area contributed by atoms with Crippen LogP contribution in [0.5, 0.6) is 0 Å². The molecule has 4 nitrogen and oxygen atoms in total. The summed E-state index contributed by atoms with van der Waals surface area (Å²) in [6.07, 6.45) is 1.71. The maximum absolute atomic E-state index is 5.95. The molecular weight excluding hydrogens is 200 g/mol. The van der Waals surface area contributed by atoms with E-state index < -0.39 is 0 Å². The molecule has 0 bridgehead atoms. The van der Waals surface area contributed by atoms with Gasteiger partial charge in [0.05, 0.1) is 11.9 Å². The molecule has 0 radical (unpaired) electrons. The molecule has 2 aromatic rings. The van der Waals surface area contributed by atoms with Crippen molar-refractivity contribution in [3.05, 3.63) is 17.0 Å². The second-order valence-electron chi connectivity index (χ2n) is 3.56. The van der Waals surface area contributed by atoms with Crippen LogP contribution in [0.15, 0.2) is 6.20 Å². The molecule has 0 spiro atoms.